The molecule has 107 heavy (non-hydrogen) atoms. The van der Waals surface area contributed by atoms with Crippen LogP contribution in [0.3, 0.4) is 0 Å². The summed E-state index contributed by atoms with van der Waals surface area (Å²) in [5.41, 5.74) is 20.8. The summed E-state index contributed by atoms with van der Waals surface area (Å²) in [6, 6.07) is 62.6. The largest absolute Gasteiger partial charge is 1.00 e. The Morgan fingerprint density at radius 2 is 1.07 bits per heavy atom. The van der Waals surface area contributed by atoms with Gasteiger partial charge in [0.15, 0.2) is 0 Å². The molecule has 13 N–H and O–H groups in total. The molecule has 28 heteroatoms. The molecule has 0 spiro atoms. The Morgan fingerprint density at radius 1 is 0.570 bits per heavy atom. The van der Waals surface area contributed by atoms with E-state index in [1.807, 2.05) is 169 Å². The molecule has 9 heterocycles. The molecule has 15 rings (SSSR count). The number of esters is 1. The number of H-pyrrole nitrogens is 3. The Hall–Kier alpha value is -11.0. The van der Waals surface area contributed by atoms with Gasteiger partial charge in [-0.1, -0.05) is 109 Å². The number of nitrogens with zero attached hydrogens (tertiary/aromatic N) is 11. The summed E-state index contributed by atoms with van der Waals surface area (Å²) in [6.07, 6.45) is 18.7. The minimum absolute atomic E-state index is 0. The van der Waals surface area contributed by atoms with Crippen LogP contribution in [-0.4, -0.2) is 163 Å². The van der Waals surface area contributed by atoms with E-state index in [0.717, 1.165) is 104 Å². The first-order chi connectivity index (χ1) is 50.4. The van der Waals surface area contributed by atoms with Crippen molar-refractivity contribution in [1.29, 1.82) is 0 Å². The van der Waals surface area contributed by atoms with E-state index in [9.17, 15) is 24.0 Å². The molecule has 0 atom stereocenters. The molecule has 0 bridgehead atoms. The van der Waals surface area contributed by atoms with E-state index in [-0.39, 0.29) is 73.7 Å². The molecular weight excluding hydrogens is 1450 g/mol. The predicted molar refractivity (Wildman–Crippen MR) is 425 cm³/mol. The van der Waals surface area contributed by atoms with Gasteiger partial charge in [0.05, 0.1) is 100 Å². The SMILES string of the molecule is Brc1cccnc1.CN(C)CCCCl.CN(C)CCCn1nc(CC(N)=O)c2ccccc21.COC(=O)C(=O)c1cn(-c2cccnc2)c2ccccc12.N.NC(=O)Cc1[nH]nc2ccccc12.O.O=C(O)Cc1[nH]nc2ccccc12.[H-].[Na+].c1ccc2[nH]ccc2c1.c1cncc(-n2ccc3ccccc32)c1. The molecule has 0 saturated carbocycles. The molecule has 15 aromatic rings. The Bertz CT molecular complexity index is 5080. The number of halogens is 2. The topological polar surface area (TPSA) is 379 Å². The quantitative estimate of drug-likeness (QED) is 0.0146. The van der Waals surface area contributed by atoms with Crippen LogP contribution in [0.5, 0.6) is 0 Å². The van der Waals surface area contributed by atoms with Gasteiger partial charge in [-0.3, -0.25) is 49.0 Å². The summed E-state index contributed by atoms with van der Waals surface area (Å²) in [4.78, 5) is 75.3. The summed E-state index contributed by atoms with van der Waals surface area (Å²) in [6.45, 7) is 2.96. The monoisotopic (exact) mass is 1540 g/mol. The average Bonchev–Trinajstić information content (AvgIpc) is 1.62. The normalized spacial score (nSPS) is 10.2. The maximum Gasteiger partial charge on any atom is 1.00 e. The third-order valence-corrected chi connectivity index (χ3v) is 16.1. The standard InChI is InChI=1S/C16H12N2O3.C14H20N4O.C13H10N2.C9H9N3O.C9H8N2O2.C8H7N.C5H4BrN.C5H12ClN.H3N.Na.H2O.H/c1-21-16(20)15(19)13-10-18(11-5-4-8-17-9-11)14-7-3-2-6-12(13)14;1-17(2)8-5-9-18-13-7-4-3-6-11(13)12(16-18)10-14(15)19;1-2-6-13-11(4-1)7-9-15(13)12-5-3-8-14-10-12;10-9(13)5-8-6-3-1-2-4-7(6)11-12-8;12-9(13)5-8-6-3-1-2-4-7(6)10-11-8;1-2-4-8-7(3-1)5-6-9-8;6-5-2-1-3-7-4-5;1-7(2)5-3-4-6;;;;/h2-10H,1H3;3-4,6-7H,5,8-10H2,1-2H3,(H2,15,19);1-10H;1-4H,5H2,(H2,10,13)(H,11,12);1-4H,5H2,(H,10,11)(H,12,13);1-6,9H;1-4H;3-5H2,1-2H3;1H3;;1H2;/q;;;;;;;;;+1;;-1. The van der Waals surface area contributed by atoms with Crippen LogP contribution < -0.4 is 47.2 Å². The van der Waals surface area contributed by atoms with E-state index in [1.54, 1.807) is 43.2 Å². The second kappa shape index (κ2) is 45.4. The van der Waals surface area contributed by atoms with Crippen molar-refractivity contribution in [3.8, 4) is 11.4 Å². The maximum absolute atomic E-state index is 12.1. The molecule has 0 unspecified atom stereocenters. The molecule has 0 aliphatic rings. The number of carbonyl (C=O) groups is 5. The fraction of sp³-hybridized carbons (Fsp3) is 0.177. The van der Waals surface area contributed by atoms with Crippen molar-refractivity contribution >= 4 is 122 Å². The molecule has 9 aromatic heterocycles. The third kappa shape index (κ3) is 26.5. The molecule has 0 aliphatic heterocycles. The van der Waals surface area contributed by atoms with Crippen LogP contribution in [0, 0.1) is 0 Å². The fourth-order valence-electron chi connectivity index (χ4n) is 10.6. The van der Waals surface area contributed by atoms with E-state index in [0.29, 0.717) is 16.6 Å². The van der Waals surface area contributed by atoms with Crippen molar-refractivity contribution in [2.45, 2.75) is 38.6 Å². The number of carboxylic acids is 1. The number of nitrogens with one attached hydrogen (secondary N) is 3. The Kier molecular flexibility index (Phi) is 36.7. The van der Waals surface area contributed by atoms with Crippen LogP contribution in [0.1, 0.15) is 41.7 Å². The number of carbonyl (C=O) groups excluding carboxylic acids is 4. The zero-order valence-corrected chi connectivity index (χ0v) is 64.8. The minimum Gasteiger partial charge on any atom is -1.00 e. The number of rotatable bonds is 17. The maximum atomic E-state index is 12.1. The first-order valence-corrected chi connectivity index (χ1v) is 34.3. The van der Waals surface area contributed by atoms with E-state index in [1.165, 1.54) is 28.9 Å². The Balaban J connectivity index is 0.000000266. The average molecular weight is 1540 g/mol. The first-order valence-electron chi connectivity index (χ1n) is 33.0. The van der Waals surface area contributed by atoms with Gasteiger partial charge in [-0.25, -0.2) is 4.79 Å². The van der Waals surface area contributed by atoms with Crippen LogP contribution in [0.2, 0.25) is 0 Å². The molecule has 0 saturated heterocycles. The summed E-state index contributed by atoms with van der Waals surface area (Å²) >= 11 is 8.67. The van der Waals surface area contributed by atoms with Gasteiger partial charge in [0.1, 0.15) is 0 Å². The van der Waals surface area contributed by atoms with Gasteiger partial charge in [-0.05, 0) is 166 Å². The third-order valence-electron chi connectivity index (χ3n) is 15.4. The number of hydrogen-bond acceptors (Lipinski definition) is 15. The number of hydrogen-bond donors (Lipinski definition) is 7. The number of fused-ring (bicyclic) bond motifs is 6. The summed E-state index contributed by atoms with van der Waals surface area (Å²) in [7, 11) is 9.40. The van der Waals surface area contributed by atoms with Crippen LogP contribution in [0.4, 0.5) is 0 Å². The number of methoxy groups -OCH3 is 1. The van der Waals surface area contributed by atoms with Crippen LogP contribution in [-0.2, 0) is 49.7 Å². The number of ketones is 1. The Morgan fingerprint density at radius 3 is 1.59 bits per heavy atom. The van der Waals surface area contributed by atoms with Crippen molar-refractivity contribution in [2.75, 3.05) is 54.3 Å². The molecule has 25 nitrogen and oxygen atoms in total. The number of nitrogens with two attached hydrogens (primary N) is 2. The molecule has 6 aromatic carbocycles. The summed E-state index contributed by atoms with van der Waals surface area (Å²) < 4.78 is 11.5. The fourth-order valence-corrected chi connectivity index (χ4v) is 11.0. The summed E-state index contributed by atoms with van der Waals surface area (Å²) in [5, 5.41) is 32.7. The smallest absolute Gasteiger partial charge is 1.00 e. The predicted octanol–water partition coefficient (Wildman–Crippen LogP) is 9.85. The van der Waals surface area contributed by atoms with Crippen molar-refractivity contribution in [1.82, 2.24) is 75.2 Å². The van der Waals surface area contributed by atoms with Crippen LogP contribution in [0.15, 0.2) is 254 Å². The van der Waals surface area contributed by atoms with E-state index in [2.05, 4.69) is 155 Å². The number of Topliss-reactive ketones (excluding diaryl/α,β-unsaturated/α-hetero) is 1. The van der Waals surface area contributed by atoms with Gasteiger partial charge < -0.3 is 58.3 Å². The molecule has 0 aliphatic carbocycles. The number of amides is 2. The number of carboxylic acid groups (broad SMARTS) is 1. The van der Waals surface area contributed by atoms with Gasteiger partial charge in [0.2, 0.25) is 11.8 Å². The number of alkyl halides is 1. The van der Waals surface area contributed by atoms with Crippen LogP contribution in [0.25, 0.3) is 76.8 Å². The number of aryl methyl sites for hydroxylation is 1. The minimum atomic E-state index is -0.871. The zero-order chi connectivity index (χ0) is 74.2. The van der Waals surface area contributed by atoms with Crippen molar-refractivity contribution in [3.05, 3.63) is 277 Å². The van der Waals surface area contributed by atoms with Gasteiger partial charge in [0.25, 0.3) is 5.78 Å². The van der Waals surface area contributed by atoms with Crippen molar-refractivity contribution in [3.63, 3.8) is 0 Å². The van der Waals surface area contributed by atoms with Gasteiger partial charge in [0, 0.05) is 87.3 Å². The Labute approximate surface area is 656 Å². The van der Waals surface area contributed by atoms with Crippen LogP contribution >= 0.6 is 27.5 Å². The van der Waals surface area contributed by atoms with Gasteiger partial charge >= 0.3 is 41.5 Å². The number of primary amides is 2. The number of ether oxygens (including phenoxy) is 1. The van der Waals surface area contributed by atoms with Crippen molar-refractivity contribution < 1.29 is 70.3 Å². The number of para-hydroxylation sites is 6. The van der Waals surface area contributed by atoms with Crippen molar-refractivity contribution in [2.24, 2.45) is 11.5 Å². The number of pyridine rings is 3. The van der Waals surface area contributed by atoms with Gasteiger partial charge in [-0.15, -0.1) is 11.6 Å². The molecule has 552 valence electrons. The number of aromatic amines is 3. The first kappa shape index (κ1) is 86.6. The number of aliphatic carboxylic acids is 1. The molecular formula is C79H88BrClN17NaO8. The van der Waals surface area contributed by atoms with E-state index in [4.69, 9.17) is 28.2 Å². The van der Waals surface area contributed by atoms with E-state index >= 15 is 0 Å². The second-order valence-corrected chi connectivity index (χ2v) is 24.9. The van der Waals surface area contributed by atoms with E-state index < -0.39 is 17.7 Å². The molecule has 0 fully saturated rings. The zero-order valence-electron chi connectivity index (χ0n) is 61.5. The number of benzene rings is 6. The number of aromatic nitrogens is 12. The summed E-state index contributed by atoms with van der Waals surface area (Å²) in [5.74, 6) is -2.30. The molecule has 2 amide bonds. The molecule has 0 radical (unpaired) electrons. The second-order valence-electron chi connectivity index (χ2n) is 23.6. The van der Waals surface area contributed by atoms with Gasteiger partial charge in [-0.2, -0.15) is 15.3 Å².